The Labute approximate surface area is 224 Å². The van der Waals surface area contributed by atoms with Gasteiger partial charge in [-0.1, -0.05) is 58.4 Å². The van der Waals surface area contributed by atoms with Crippen LogP contribution in [-0.2, 0) is 6.54 Å². The maximum atomic E-state index is 13.6. The number of fused-ring (bicyclic) bond motifs is 1. The molecule has 8 heteroatoms. The van der Waals surface area contributed by atoms with Crippen LogP contribution in [0.3, 0.4) is 0 Å². The van der Waals surface area contributed by atoms with Gasteiger partial charge in [-0.2, -0.15) is 0 Å². The van der Waals surface area contributed by atoms with Crippen LogP contribution < -0.4 is 10.9 Å². The summed E-state index contributed by atoms with van der Waals surface area (Å²) in [6.45, 7) is 6.58. The van der Waals surface area contributed by atoms with E-state index in [1.807, 2.05) is 83.8 Å². The summed E-state index contributed by atoms with van der Waals surface area (Å²) in [7, 11) is 0. The second-order valence-corrected chi connectivity index (χ2v) is 10.4. The lowest BCUT2D eigenvalue weighted by atomic mass is 10.1. The fourth-order valence-electron chi connectivity index (χ4n) is 4.95. The third-order valence-corrected chi connectivity index (χ3v) is 7.54. The number of hydrogen-bond acceptors (Lipinski definition) is 4. The first-order chi connectivity index (χ1) is 17.9. The molecule has 0 radical (unpaired) electrons. The number of hydrogen-bond donors (Lipinski definition) is 1. The fraction of sp³-hybridized carbons (Fsp3) is 0.276. The van der Waals surface area contributed by atoms with Crippen molar-refractivity contribution in [3.05, 3.63) is 105 Å². The van der Waals surface area contributed by atoms with Crippen LogP contribution in [-0.4, -0.2) is 51.1 Å². The molecule has 1 saturated heterocycles. The van der Waals surface area contributed by atoms with Crippen molar-refractivity contribution < 1.29 is 4.79 Å². The standard InChI is InChI=1S/C29H30BrN5O2/c1-20-18-33(16-17-34(20)29(37)31-24-14-12-23(30)13-15-24)21(2)27-32-26-11-7-6-10-25(26)28(36)35(27)19-22-8-4-3-5-9-22/h3-15,20-21H,16-19H2,1-2H3,(H,31,37). The Kier molecular flexibility index (Phi) is 7.39. The molecule has 0 bridgehead atoms. The predicted molar refractivity (Wildman–Crippen MR) is 151 cm³/mol. The lowest BCUT2D eigenvalue weighted by Gasteiger charge is -2.42. The smallest absolute Gasteiger partial charge is 0.319 e. The van der Waals surface area contributed by atoms with E-state index < -0.39 is 0 Å². The second-order valence-electron chi connectivity index (χ2n) is 9.51. The molecular formula is C29H30BrN5O2. The Balaban J connectivity index is 1.38. The first-order valence-corrected chi connectivity index (χ1v) is 13.3. The van der Waals surface area contributed by atoms with Gasteiger partial charge < -0.3 is 10.2 Å². The Morgan fingerprint density at radius 3 is 2.46 bits per heavy atom. The zero-order valence-electron chi connectivity index (χ0n) is 21.0. The Morgan fingerprint density at radius 1 is 1.03 bits per heavy atom. The molecule has 0 aliphatic carbocycles. The van der Waals surface area contributed by atoms with Crippen LogP contribution in [0.15, 0.2) is 88.1 Å². The molecule has 37 heavy (non-hydrogen) atoms. The van der Waals surface area contributed by atoms with E-state index in [0.717, 1.165) is 21.5 Å². The highest BCUT2D eigenvalue weighted by atomic mass is 79.9. The van der Waals surface area contributed by atoms with Gasteiger partial charge in [0.05, 0.1) is 23.5 Å². The van der Waals surface area contributed by atoms with E-state index in [9.17, 15) is 9.59 Å². The number of anilines is 1. The van der Waals surface area contributed by atoms with Crippen LogP contribution in [0.4, 0.5) is 10.5 Å². The van der Waals surface area contributed by atoms with Gasteiger partial charge in [-0.05, 0) is 55.8 Å². The summed E-state index contributed by atoms with van der Waals surface area (Å²) in [6.07, 6.45) is 0. The van der Waals surface area contributed by atoms with E-state index in [1.165, 1.54) is 0 Å². The van der Waals surface area contributed by atoms with Gasteiger partial charge in [0.25, 0.3) is 5.56 Å². The van der Waals surface area contributed by atoms with Gasteiger partial charge in [0, 0.05) is 35.8 Å². The number of rotatable bonds is 5. The normalized spacial score (nSPS) is 17.1. The third kappa shape index (κ3) is 5.45. The Hall–Kier alpha value is -3.49. The molecule has 1 aliphatic rings. The summed E-state index contributed by atoms with van der Waals surface area (Å²) in [5, 5.41) is 3.62. The average molecular weight is 560 g/mol. The molecule has 2 amide bonds. The predicted octanol–water partition coefficient (Wildman–Crippen LogP) is 5.51. The van der Waals surface area contributed by atoms with Crippen LogP contribution in [0.25, 0.3) is 10.9 Å². The molecule has 1 aromatic heterocycles. The molecular weight excluding hydrogens is 530 g/mol. The van der Waals surface area contributed by atoms with Crippen LogP contribution in [0, 0.1) is 0 Å². The van der Waals surface area contributed by atoms with Gasteiger partial charge >= 0.3 is 6.03 Å². The minimum absolute atomic E-state index is 0.00130. The number of piperazine rings is 1. The number of nitrogens with zero attached hydrogens (tertiary/aromatic N) is 4. The van der Waals surface area contributed by atoms with E-state index in [0.29, 0.717) is 37.1 Å². The summed E-state index contributed by atoms with van der Waals surface area (Å²) in [5.41, 5.74) is 2.50. The van der Waals surface area contributed by atoms with Crippen molar-refractivity contribution in [3.63, 3.8) is 0 Å². The number of carbonyl (C=O) groups excluding carboxylic acids is 1. The van der Waals surface area contributed by atoms with E-state index in [1.54, 1.807) is 4.57 Å². The number of halogens is 1. The van der Waals surface area contributed by atoms with E-state index in [4.69, 9.17) is 4.98 Å². The van der Waals surface area contributed by atoms with Gasteiger partial charge in [0.2, 0.25) is 0 Å². The fourth-order valence-corrected chi connectivity index (χ4v) is 5.22. The van der Waals surface area contributed by atoms with Crippen molar-refractivity contribution in [2.75, 3.05) is 25.0 Å². The van der Waals surface area contributed by atoms with Crippen LogP contribution >= 0.6 is 15.9 Å². The van der Waals surface area contributed by atoms with Crippen molar-refractivity contribution in [1.82, 2.24) is 19.4 Å². The molecule has 0 saturated carbocycles. The molecule has 4 aromatic rings. The number of carbonyl (C=O) groups is 1. The highest BCUT2D eigenvalue weighted by molar-refractivity contribution is 9.10. The van der Waals surface area contributed by atoms with Gasteiger partial charge in [-0.15, -0.1) is 0 Å². The molecule has 7 nitrogen and oxygen atoms in total. The molecule has 190 valence electrons. The van der Waals surface area contributed by atoms with E-state index >= 15 is 0 Å². The summed E-state index contributed by atoms with van der Waals surface area (Å²) < 4.78 is 2.77. The van der Waals surface area contributed by atoms with Crippen molar-refractivity contribution in [2.45, 2.75) is 32.5 Å². The number of urea groups is 1. The zero-order valence-corrected chi connectivity index (χ0v) is 22.6. The highest BCUT2D eigenvalue weighted by Crippen LogP contribution is 2.25. The van der Waals surface area contributed by atoms with E-state index in [2.05, 4.69) is 40.0 Å². The Morgan fingerprint density at radius 2 is 1.73 bits per heavy atom. The molecule has 2 unspecified atom stereocenters. The van der Waals surface area contributed by atoms with Crippen molar-refractivity contribution in [3.8, 4) is 0 Å². The average Bonchev–Trinajstić information content (AvgIpc) is 2.91. The molecule has 1 fully saturated rings. The monoisotopic (exact) mass is 559 g/mol. The molecule has 2 atom stereocenters. The second kappa shape index (κ2) is 10.9. The molecule has 5 rings (SSSR count). The minimum atomic E-state index is -0.105. The largest absolute Gasteiger partial charge is 0.322 e. The van der Waals surface area contributed by atoms with Gasteiger partial charge in [0.1, 0.15) is 5.82 Å². The maximum Gasteiger partial charge on any atom is 0.322 e. The molecule has 0 spiro atoms. The number of para-hydroxylation sites is 1. The van der Waals surface area contributed by atoms with Crippen LogP contribution in [0.5, 0.6) is 0 Å². The maximum absolute atomic E-state index is 13.6. The van der Waals surface area contributed by atoms with Crippen molar-refractivity contribution in [1.29, 1.82) is 0 Å². The number of benzene rings is 3. The first-order valence-electron chi connectivity index (χ1n) is 12.5. The summed E-state index contributed by atoms with van der Waals surface area (Å²) in [5.74, 6) is 0.743. The number of amides is 2. The zero-order chi connectivity index (χ0) is 25.9. The van der Waals surface area contributed by atoms with Gasteiger partial charge in [0.15, 0.2) is 0 Å². The summed E-state index contributed by atoms with van der Waals surface area (Å²) in [4.78, 5) is 35.7. The van der Waals surface area contributed by atoms with Crippen LogP contribution in [0.2, 0.25) is 0 Å². The van der Waals surface area contributed by atoms with E-state index in [-0.39, 0.29) is 23.7 Å². The van der Waals surface area contributed by atoms with Gasteiger partial charge in [-0.25, -0.2) is 9.78 Å². The first kappa shape index (κ1) is 25.2. The lowest BCUT2D eigenvalue weighted by Crippen LogP contribution is -2.55. The lowest BCUT2D eigenvalue weighted by molar-refractivity contribution is 0.0794. The molecule has 3 aromatic carbocycles. The van der Waals surface area contributed by atoms with Crippen molar-refractivity contribution in [2.24, 2.45) is 0 Å². The quantitative estimate of drug-likeness (QED) is 0.350. The molecule has 2 heterocycles. The number of aromatic nitrogens is 2. The highest BCUT2D eigenvalue weighted by Gasteiger charge is 2.32. The summed E-state index contributed by atoms with van der Waals surface area (Å²) >= 11 is 3.42. The minimum Gasteiger partial charge on any atom is -0.319 e. The Bertz CT molecular complexity index is 1460. The van der Waals surface area contributed by atoms with Crippen molar-refractivity contribution >= 4 is 38.6 Å². The molecule has 1 aliphatic heterocycles. The SMILES string of the molecule is CC(c1nc2ccccc2c(=O)n1Cc1ccccc1)N1CCN(C(=O)Nc2ccc(Br)cc2)C(C)C1. The topological polar surface area (TPSA) is 70.5 Å². The third-order valence-electron chi connectivity index (χ3n) is 7.01. The van der Waals surface area contributed by atoms with Crippen LogP contribution in [0.1, 0.15) is 31.3 Å². The van der Waals surface area contributed by atoms with Gasteiger partial charge in [-0.3, -0.25) is 14.3 Å². The summed E-state index contributed by atoms with van der Waals surface area (Å²) in [6, 6.07) is 24.9. The molecule has 1 N–H and O–H groups in total. The number of nitrogens with one attached hydrogen (secondary N) is 1.